The number of nitrogens with one attached hydrogen (secondary N) is 1. The average Bonchev–Trinajstić information content (AvgIpc) is 3.11. The van der Waals surface area contributed by atoms with Crippen molar-refractivity contribution >= 4 is 11.6 Å². The molecule has 1 amide bonds. The highest BCUT2D eigenvalue weighted by Crippen LogP contribution is 2.21. The third-order valence-electron chi connectivity index (χ3n) is 3.50. The molecule has 2 aromatic heterocycles. The smallest absolute Gasteiger partial charge is 0.252 e. The van der Waals surface area contributed by atoms with E-state index in [1.54, 1.807) is 25.4 Å². The Hall–Kier alpha value is -3.08. The van der Waals surface area contributed by atoms with Gasteiger partial charge in [-0.15, -0.1) is 0 Å². The maximum absolute atomic E-state index is 12.8. The number of anilines is 1. The molecule has 116 valence electrons. The molecule has 1 atom stereocenters. The molecule has 0 unspecified atom stereocenters. The van der Waals surface area contributed by atoms with E-state index in [1.807, 2.05) is 59.4 Å². The number of ether oxygens (including phenoxy) is 1. The SMILES string of the molecule is COc1ccc(NC(=O)[C@H](c2ccccc2)n2cccc2)cn1. The molecule has 1 N–H and O–H groups in total. The van der Waals surface area contributed by atoms with Crippen molar-refractivity contribution < 1.29 is 9.53 Å². The third-order valence-corrected chi connectivity index (χ3v) is 3.50. The zero-order valence-corrected chi connectivity index (χ0v) is 12.7. The standard InChI is InChI=1S/C18H17N3O2/c1-23-16-10-9-15(13-19-16)20-18(22)17(21-11-5-6-12-21)14-7-3-2-4-8-14/h2-13,17H,1H3,(H,20,22)/t17-/m0/s1. The Kier molecular flexibility index (Phi) is 4.38. The van der Waals surface area contributed by atoms with E-state index < -0.39 is 6.04 Å². The minimum atomic E-state index is -0.437. The molecular formula is C18H17N3O2. The molecule has 0 aliphatic rings. The molecule has 23 heavy (non-hydrogen) atoms. The largest absolute Gasteiger partial charge is 0.481 e. The summed E-state index contributed by atoms with van der Waals surface area (Å²) in [7, 11) is 1.55. The van der Waals surface area contributed by atoms with Crippen molar-refractivity contribution in [1.29, 1.82) is 0 Å². The van der Waals surface area contributed by atoms with Gasteiger partial charge in [-0.25, -0.2) is 4.98 Å². The lowest BCUT2D eigenvalue weighted by Gasteiger charge is -2.19. The van der Waals surface area contributed by atoms with E-state index in [0.29, 0.717) is 11.6 Å². The van der Waals surface area contributed by atoms with Gasteiger partial charge in [0.25, 0.3) is 5.91 Å². The zero-order valence-electron chi connectivity index (χ0n) is 12.7. The minimum Gasteiger partial charge on any atom is -0.481 e. The van der Waals surface area contributed by atoms with Crippen LogP contribution in [0.3, 0.4) is 0 Å². The number of rotatable bonds is 5. The fourth-order valence-electron chi connectivity index (χ4n) is 2.40. The Morgan fingerprint density at radius 2 is 1.83 bits per heavy atom. The van der Waals surface area contributed by atoms with Crippen LogP contribution in [0.5, 0.6) is 5.88 Å². The Morgan fingerprint density at radius 1 is 1.09 bits per heavy atom. The highest BCUT2D eigenvalue weighted by molar-refractivity contribution is 5.95. The monoisotopic (exact) mass is 307 g/mol. The first-order chi connectivity index (χ1) is 11.3. The fourth-order valence-corrected chi connectivity index (χ4v) is 2.40. The number of carbonyl (C=O) groups excluding carboxylic acids is 1. The molecule has 3 aromatic rings. The van der Waals surface area contributed by atoms with Crippen molar-refractivity contribution in [1.82, 2.24) is 9.55 Å². The van der Waals surface area contributed by atoms with Crippen molar-refractivity contribution in [3.8, 4) is 5.88 Å². The predicted octanol–water partition coefficient (Wildman–Crippen LogP) is 3.12. The van der Waals surface area contributed by atoms with Crippen LogP contribution in [0.15, 0.2) is 73.2 Å². The van der Waals surface area contributed by atoms with E-state index in [1.165, 1.54) is 0 Å². The highest BCUT2D eigenvalue weighted by Gasteiger charge is 2.21. The first kappa shape index (κ1) is 14.8. The van der Waals surface area contributed by atoms with Crippen LogP contribution < -0.4 is 10.1 Å². The Balaban J connectivity index is 1.86. The fraction of sp³-hybridized carbons (Fsp3) is 0.111. The number of benzene rings is 1. The second kappa shape index (κ2) is 6.79. The first-order valence-corrected chi connectivity index (χ1v) is 7.26. The second-order valence-electron chi connectivity index (χ2n) is 5.02. The lowest BCUT2D eigenvalue weighted by molar-refractivity contribution is -0.118. The van der Waals surface area contributed by atoms with Gasteiger partial charge in [-0.1, -0.05) is 30.3 Å². The van der Waals surface area contributed by atoms with Crippen molar-refractivity contribution in [2.75, 3.05) is 12.4 Å². The first-order valence-electron chi connectivity index (χ1n) is 7.26. The van der Waals surface area contributed by atoms with Gasteiger partial charge in [0.2, 0.25) is 5.88 Å². The maximum Gasteiger partial charge on any atom is 0.252 e. The van der Waals surface area contributed by atoms with E-state index in [2.05, 4.69) is 10.3 Å². The van der Waals surface area contributed by atoms with E-state index in [0.717, 1.165) is 5.56 Å². The molecule has 5 nitrogen and oxygen atoms in total. The topological polar surface area (TPSA) is 56.1 Å². The van der Waals surface area contributed by atoms with Gasteiger partial charge in [0, 0.05) is 18.5 Å². The Labute approximate surface area is 134 Å². The zero-order chi connectivity index (χ0) is 16.1. The molecule has 5 heteroatoms. The molecule has 0 bridgehead atoms. The quantitative estimate of drug-likeness (QED) is 0.788. The number of amides is 1. The summed E-state index contributed by atoms with van der Waals surface area (Å²) < 4.78 is 6.90. The van der Waals surface area contributed by atoms with Crippen molar-refractivity contribution in [3.63, 3.8) is 0 Å². The number of carbonyl (C=O) groups is 1. The normalized spacial score (nSPS) is 11.7. The number of hydrogen-bond acceptors (Lipinski definition) is 3. The summed E-state index contributed by atoms with van der Waals surface area (Å²) in [6.07, 6.45) is 5.33. The molecule has 0 aliphatic heterocycles. The van der Waals surface area contributed by atoms with Crippen molar-refractivity contribution in [3.05, 3.63) is 78.8 Å². The van der Waals surface area contributed by atoms with Crippen LogP contribution >= 0.6 is 0 Å². The molecule has 0 saturated carbocycles. The van der Waals surface area contributed by atoms with E-state index in [9.17, 15) is 4.79 Å². The summed E-state index contributed by atoms with van der Waals surface area (Å²) in [5, 5.41) is 2.90. The van der Waals surface area contributed by atoms with Crippen molar-refractivity contribution in [2.24, 2.45) is 0 Å². The number of aromatic nitrogens is 2. The summed E-state index contributed by atoms with van der Waals surface area (Å²) in [5.74, 6) is 0.382. The summed E-state index contributed by atoms with van der Waals surface area (Å²) in [6, 6.07) is 16.5. The van der Waals surface area contributed by atoms with Crippen LogP contribution in [0.4, 0.5) is 5.69 Å². The van der Waals surface area contributed by atoms with Gasteiger partial charge in [0.15, 0.2) is 0 Å². The molecule has 0 spiro atoms. The molecule has 0 radical (unpaired) electrons. The van der Waals surface area contributed by atoms with E-state index in [-0.39, 0.29) is 5.91 Å². The Bertz CT molecular complexity index is 753. The summed E-state index contributed by atoms with van der Waals surface area (Å²) in [4.78, 5) is 16.9. The molecule has 2 heterocycles. The molecule has 3 rings (SSSR count). The molecule has 0 aliphatic carbocycles. The Morgan fingerprint density at radius 3 is 2.43 bits per heavy atom. The van der Waals surface area contributed by atoms with E-state index >= 15 is 0 Å². The minimum absolute atomic E-state index is 0.126. The van der Waals surface area contributed by atoms with Crippen LogP contribution in [0.2, 0.25) is 0 Å². The van der Waals surface area contributed by atoms with E-state index in [4.69, 9.17) is 4.74 Å². The lowest BCUT2D eigenvalue weighted by Crippen LogP contribution is -2.26. The number of nitrogens with zero attached hydrogens (tertiary/aromatic N) is 2. The highest BCUT2D eigenvalue weighted by atomic mass is 16.5. The summed E-state index contributed by atoms with van der Waals surface area (Å²) in [6.45, 7) is 0. The van der Waals surface area contributed by atoms with Gasteiger partial charge in [0.1, 0.15) is 6.04 Å². The average molecular weight is 307 g/mol. The number of methoxy groups -OCH3 is 1. The second-order valence-corrected chi connectivity index (χ2v) is 5.02. The number of pyridine rings is 1. The summed E-state index contributed by atoms with van der Waals surface area (Å²) >= 11 is 0. The van der Waals surface area contributed by atoms with Gasteiger partial charge in [-0.2, -0.15) is 0 Å². The molecule has 0 fully saturated rings. The van der Waals surface area contributed by atoms with Crippen LogP contribution in [-0.4, -0.2) is 22.6 Å². The number of hydrogen-bond donors (Lipinski definition) is 1. The van der Waals surface area contributed by atoms with Gasteiger partial charge in [0.05, 0.1) is 19.0 Å². The predicted molar refractivity (Wildman–Crippen MR) is 88.4 cm³/mol. The van der Waals surface area contributed by atoms with Gasteiger partial charge < -0.3 is 14.6 Å². The van der Waals surface area contributed by atoms with Gasteiger partial charge in [-0.3, -0.25) is 4.79 Å². The van der Waals surface area contributed by atoms with Crippen molar-refractivity contribution in [2.45, 2.75) is 6.04 Å². The third kappa shape index (κ3) is 3.40. The molecular weight excluding hydrogens is 290 g/mol. The van der Waals surface area contributed by atoms with Crippen LogP contribution in [-0.2, 0) is 4.79 Å². The van der Waals surface area contributed by atoms with Crippen LogP contribution in [0, 0.1) is 0 Å². The van der Waals surface area contributed by atoms with Gasteiger partial charge >= 0.3 is 0 Å². The van der Waals surface area contributed by atoms with Gasteiger partial charge in [-0.05, 0) is 23.8 Å². The maximum atomic E-state index is 12.8. The molecule has 1 aromatic carbocycles. The lowest BCUT2D eigenvalue weighted by atomic mass is 10.1. The van der Waals surface area contributed by atoms with Crippen LogP contribution in [0.1, 0.15) is 11.6 Å². The summed E-state index contributed by atoms with van der Waals surface area (Å²) in [5.41, 5.74) is 1.55. The molecule has 0 saturated heterocycles. The van der Waals surface area contributed by atoms with Crippen LogP contribution in [0.25, 0.3) is 0 Å².